The maximum absolute atomic E-state index is 4.17. The van der Waals surface area contributed by atoms with Crippen LogP contribution in [0, 0.1) is 0 Å². The second kappa shape index (κ2) is 5.63. The Morgan fingerprint density at radius 3 is 2.89 bits per heavy atom. The Labute approximate surface area is 112 Å². The summed E-state index contributed by atoms with van der Waals surface area (Å²) in [7, 11) is 0. The number of rotatable bonds is 5. The second-order valence-electron chi connectivity index (χ2n) is 5.41. The lowest BCUT2D eigenvalue weighted by Crippen LogP contribution is -2.35. The van der Waals surface area contributed by atoms with Crippen molar-refractivity contribution in [3.05, 3.63) is 34.3 Å². The van der Waals surface area contributed by atoms with Crippen LogP contribution >= 0.6 is 11.3 Å². The van der Waals surface area contributed by atoms with Crippen LogP contribution < -0.4 is 5.32 Å². The van der Waals surface area contributed by atoms with Crippen LogP contribution in [0.2, 0.25) is 0 Å². The van der Waals surface area contributed by atoms with Crippen LogP contribution in [0.25, 0.3) is 0 Å². The topological polar surface area (TPSA) is 42.7 Å². The molecule has 2 heterocycles. The summed E-state index contributed by atoms with van der Waals surface area (Å²) in [6, 6.07) is 4.24. The van der Waals surface area contributed by atoms with E-state index in [1.165, 1.54) is 4.88 Å². The Morgan fingerprint density at radius 1 is 1.39 bits per heavy atom. The van der Waals surface area contributed by atoms with Gasteiger partial charge < -0.3 is 5.32 Å². The Balaban J connectivity index is 1.82. The first kappa shape index (κ1) is 13.2. The van der Waals surface area contributed by atoms with E-state index in [1.807, 2.05) is 10.9 Å². The zero-order chi connectivity index (χ0) is 13.0. The maximum atomic E-state index is 4.17. The van der Waals surface area contributed by atoms with Gasteiger partial charge in [0.25, 0.3) is 0 Å². The summed E-state index contributed by atoms with van der Waals surface area (Å²) >= 11 is 1.79. The van der Waals surface area contributed by atoms with Gasteiger partial charge in [-0.25, -0.2) is 0 Å². The van der Waals surface area contributed by atoms with E-state index in [9.17, 15) is 0 Å². The molecule has 98 valence electrons. The van der Waals surface area contributed by atoms with Gasteiger partial charge >= 0.3 is 0 Å². The van der Waals surface area contributed by atoms with Crippen LogP contribution in [0.1, 0.15) is 31.3 Å². The molecule has 0 aromatic carbocycles. The predicted molar refractivity (Wildman–Crippen MR) is 74.6 cm³/mol. The summed E-state index contributed by atoms with van der Waals surface area (Å²) in [5.74, 6) is 0. The van der Waals surface area contributed by atoms with E-state index < -0.39 is 0 Å². The van der Waals surface area contributed by atoms with Gasteiger partial charge in [-0.3, -0.25) is 4.68 Å². The van der Waals surface area contributed by atoms with Crippen molar-refractivity contribution < 1.29 is 0 Å². The molecule has 0 atom stereocenters. The summed E-state index contributed by atoms with van der Waals surface area (Å²) in [4.78, 5) is 1.39. The molecule has 1 N–H and O–H groups in total. The number of aromatic nitrogens is 3. The van der Waals surface area contributed by atoms with Crippen molar-refractivity contribution >= 4 is 11.3 Å². The van der Waals surface area contributed by atoms with Gasteiger partial charge in [0.05, 0.1) is 5.69 Å². The Morgan fingerprint density at radius 2 is 2.22 bits per heavy atom. The largest absolute Gasteiger partial charge is 0.306 e. The molecule has 0 aliphatic carbocycles. The first-order valence-electron chi connectivity index (χ1n) is 6.19. The van der Waals surface area contributed by atoms with Gasteiger partial charge in [0.15, 0.2) is 0 Å². The molecule has 0 saturated heterocycles. The zero-order valence-electron chi connectivity index (χ0n) is 11.2. The third-order valence-corrected chi connectivity index (χ3v) is 3.49. The van der Waals surface area contributed by atoms with Crippen LogP contribution in [0.5, 0.6) is 0 Å². The van der Waals surface area contributed by atoms with Gasteiger partial charge in [0.1, 0.15) is 0 Å². The highest BCUT2D eigenvalue weighted by atomic mass is 32.1. The van der Waals surface area contributed by atoms with Crippen molar-refractivity contribution in [2.45, 2.75) is 45.8 Å². The molecule has 0 saturated carbocycles. The average molecular weight is 264 g/mol. The van der Waals surface area contributed by atoms with Gasteiger partial charge in [-0.15, -0.1) is 16.4 Å². The van der Waals surface area contributed by atoms with E-state index in [1.54, 1.807) is 11.3 Å². The normalized spacial score (nSPS) is 11.9. The lowest BCUT2D eigenvalue weighted by Gasteiger charge is -2.19. The fourth-order valence-corrected chi connectivity index (χ4v) is 2.26. The highest BCUT2D eigenvalue weighted by Gasteiger charge is 2.10. The molecule has 2 aromatic heterocycles. The molecular weight excluding hydrogens is 244 g/mol. The van der Waals surface area contributed by atoms with E-state index >= 15 is 0 Å². The van der Waals surface area contributed by atoms with Crippen molar-refractivity contribution in [1.82, 2.24) is 20.3 Å². The van der Waals surface area contributed by atoms with E-state index in [0.29, 0.717) is 0 Å². The molecule has 0 fully saturated rings. The SMILES string of the molecule is CC(C)(C)NCc1cn(CCc2cccs2)nn1. The van der Waals surface area contributed by atoms with Crippen LogP contribution in [-0.4, -0.2) is 20.5 Å². The summed E-state index contributed by atoms with van der Waals surface area (Å²) in [5, 5.41) is 13.8. The van der Waals surface area contributed by atoms with Crippen LogP contribution in [0.3, 0.4) is 0 Å². The maximum Gasteiger partial charge on any atom is 0.0965 e. The van der Waals surface area contributed by atoms with Crippen LogP contribution in [0.15, 0.2) is 23.7 Å². The molecule has 0 aliphatic rings. The van der Waals surface area contributed by atoms with Gasteiger partial charge in [-0.05, 0) is 32.2 Å². The average Bonchev–Trinajstić information content (AvgIpc) is 2.94. The van der Waals surface area contributed by atoms with Crippen LogP contribution in [-0.2, 0) is 19.5 Å². The van der Waals surface area contributed by atoms with E-state index in [2.05, 4.69) is 53.9 Å². The number of nitrogens with zero attached hydrogens (tertiary/aromatic N) is 3. The molecule has 2 rings (SSSR count). The molecule has 0 spiro atoms. The lowest BCUT2D eigenvalue weighted by molar-refractivity contribution is 0.421. The van der Waals surface area contributed by atoms with Crippen LogP contribution in [0.4, 0.5) is 0 Å². The van der Waals surface area contributed by atoms with Crippen molar-refractivity contribution in [2.24, 2.45) is 0 Å². The van der Waals surface area contributed by atoms with E-state index in [0.717, 1.165) is 25.2 Å². The molecule has 0 unspecified atom stereocenters. The van der Waals surface area contributed by atoms with Gasteiger partial charge in [0, 0.05) is 36.1 Å². The quantitative estimate of drug-likeness (QED) is 0.902. The number of hydrogen-bond donors (Lipinski definition) is 1. The minimum atomic E-state index is 0.112. The standard InChI is InChI=1S/C13H20N4S/c1-13(2,3)14-9-11-10-17(16-15-11)7-6-12-5-4-8-18-12/h4-5,8,10,14H,6-7,9H2,1-3H3. The molecular formula is C13H20N4S. The summed E-state index contributed by atoms with van der Waals surface area (Å²) in [6.45, 7) is 8.10. The Bertz CT molecular complexity index is 467. The minimum absolute atomic E-state index is 0.112. The molecule has 0 radical (unpaired) electrons. The predicted octanol–water partition coefficient (Wildman–Crippen LogP) is 2.47. The van der Waals surface area contributed by atoms with Crippen molar-refractivity contribution in [1.29, 1.82) is 0 Å². The zero-order valence-corrected chi connectivity index (χ0v) is 12.0. The fraction of sp³-hybridized carbons (Fsp3) is 0.538. The minimum Gasteiger partial charge on any atom is -0.306 e. The highest BCUT2D eigenvalue weighted by molar-refractivity contribution is 7.09. The molecule has 18 heavy (non-hydrogen) atoms. The summed E-state index contributed by atoms with van der Waals surface area (Å²) < 4.78 is 1.92. The Kier molecular flexibility index (Phi) is 4.14. The van der Waals surface area contributed by atoms with E-state index in [4.69, 9.17) is 0 Å². The third kappa shape index (κ3) is 4.23. The lowest BCUT2D eigenvalue weighted by atomic mass is 10.1. The number of thiophene rings is 1. The summed E-state index contributed by atoms with van der Waals surface area (Å²) in [6.07, 6.45) is 3.04. The van der Waals surface area contributed by atoms with Crippen molar-refractivity contribution in [3.63, 3.8) is 0 Å². The first-order chi connectivity index (χ1) is 8.53. The molecule has 5 heteroatoms. The monoisotopic (exact) mass is 264 g/mol. The number of hydrogen-bond acceptors (Lipinski definition) is 4. The molecule has 0 amide bonds. The van der Waals surface area contributed by atoms with Gasteiger partial charge in [0.2, 0.25) is 0 Å². The fourth-order valence-electron chi connectivity index (χ4n) is 1.56. The third-order valence-electron chi connectivity index (χ3n) is 2.55. The highest BCUT2D eigenvalue weighted by Crippen LogP contribution is 2.10. The molecule has 0 aliphatic heterocycles. The smallest absolute Gasteiger partial charge is 0.0965 e. The van der Waals surface area contributed by atoms with Gasteiger partial charge in [-0.2, -0.15) is 0 Å². The Hall–Kier alpha value is -1.20. The molecule has 4 nitrogen and oxygen atoms in total. The van der Waals surface area contributed by atoms with Crippen molar-refractivity contribution in [2.75, 3.05) is 0 Å². The molecule has 2 aromatic rings. The van der Waals surface area contributed by atoms with Crippen molar-refractivity contribution in [3.8, 4) is 0 Å². The number of aryl methyl sites for hydroxylation is 2. The second-order valence-corrected chi connectivity index (χ2v) is 6.44. The number of nitrogens with one attached hydrogen (secondary N) is 1. The summed E-state index contributed by atoms with van der Waals surface area (Å²) in [5.41, 5.74) is 1.11. The first-order valence-corrected chi connectivity index (χ1v) is 7.07. The van der Waals surface area contributed by atoms with E-state index in [-0.39, 0.29) is 5.54 Å². The van der Waals surface area contributed by atoms with Gasteiger partial charge in [-0.1, -0.05) is 11.3 Å². The molecule has 0 bridgehead atoms.